The van der Waals surface area contributed by atoms with E-state index in [9.17, 15) is 26.4 Å². The highest BCUT2D eigenvalue weighted by atomic mass is 32.2. The molecule has 25 heavy (non-hydrogen) atoms. The zero-order chi connectivity index (χ0) is 18.7. The van der Waals surface area contributed by atoms with Crippen LogP contribution in [-0.4, -0.2) is 48.6 Å². The standard InChI is InChI=1S/C15H18F3NO4S2/c1-2-23-14(20)13-10-24-7-8-25(21,22)19(13)9-11-3-5-12(6-4-11)15(16,17)18/h3-6,13H,2,7-10H2,1H3. The van der Waals surface area contributed by atoms with E-state index >= 15 is 0 Å². The van der Waals surface area contributed by atoms with Crippen molar-refractivity contribution in [2.75, 3.05) is 23.9 Å². The molecule has 1 aromatic carbocycles. The summed E-state index contributed by atoms with van der Waals surface area (Å²) in [5, 5.41) is 0. The molecule has 1 fully saturated rings. The third-order valence-corrected chi connectivity index (χ3v) is 6.77. The quantitative estimate of drug-likeness (QED) is 0.731. The molecule has 0 amide bonds. The normalized spacial score (nSPS) is 21.5. The van der Waals surface area contributed by atoms with Crippen LogP contribution in [0.4, 0.5) is 13.2 Å². The molecule has 1 saturated heterocycles. The van der Waals surface area contributed by atoms with Gasteiger partial charge in [-0.05, 0) is 24.6 Å². The van der Waals surface area contributed by atoms with Gasteiger partial charge in [-0.3, -0.25) is 4.79 Å². The van der Waals surface area contributed by atoms with Crippen molar-refractivity contribution in [3.63, 3.8) is 0 Å². The van der Waals surface area contributed by atoms with Gasteiger partial charge >= 0.3 is 12.1 Å². The van der Waals surface area contributed by atoms with Gasteiger partial charge in [0.25, 0.3) is 0 Å². The Morgan fingerprint density at radius 2 is 1.96 bits per heavy atom. The zero-order valence-electron chi connectivity index (χ0n) is 13.5. The fourth-order valence-electron chi connectivity index (χ4n) is 2.37. The Morgan fingerprint density at radius 3 is 2.52 bits per heavy atom. The number of hydrogen-bond acceptors (Lipinski definition) is 5. The first-order chi connectivity index (χ1) is 11.6. The molecule has 0 aromatic heterocycles. The Morgan fingerprint density at radius 1 is 1.32 bits per heavy atom. The van der Waals surface area contributed by atoms with Gasteiger partial charge in [-0.25, -0.2) is 8.42 Å². The van der Waals surface area contributed by atoms with E-state index in [-0.39, 0.29) is 24.7 Å². The van der Waals surface area contributed by atoms with E-state index in [0.29, 0.717) is 11.3 Å². The van der Waals surface area contributed by atoms with Crippen molar-refractivity contribution in [1.82, 2.24) is 4.31 Å². The number of carbonyl (C=O) groups excluding carboxylic acids is 1. The lowest BCUT2D eigenvalue weighted by atomic mass is 10.1. The molecule has 0 N–H and O–H groups in total. The summed E-state index contributed by atoms with van der Waals surface area (Å²) >= 11 is 1.33. The highest BCUT2D eigenvalue weighted by molar-refractivity contribution is 8.00. The van der Waals surface area contributed by atoms with E-state index in [1.807, 2.05) is 0 Å². The monoisotopic (exact) mass is 397 g/mol. The molecule has 0 aliphatic carbocycles. The van der Waals surface area contributed by atoms with Gasteiger partial charge < -0.3 is 4.74 Å². The number of nitrogens with zero attached hydrogens (tertiary/aromatic N) is 1. The fourth-order valence-corrected chi connectivity index (χ4v) is 5.61. The van der Waals surface area contributed by atoms with Crippen LogP contribution >= 0.6 is 11.8 Å². The number of esters is 1. The smallest absolute Gasteiger partial charge is 0.416 e. The number of alkyl halides is 3. The lowest BCUT2D eigenvalue weighted by Gasteiger charge is -2.27. The van der Waals surface area contributed by atoms with E-state index in [1.54, 1.807) is 6.92 Å². The molecule has 0 radical (unpaired) electrons. The number of thioether (sulfide) groups is 1. The number of hydrogen-bond donors (Lipinski definition) is 0. The van der Waals surface area contributed by atoms with E-state index in [4.69, 9.17) is 4.74 Å². The van der Waals surface area contributed by atoms with Crippen LogP contribution in [0.1, 0.15) is 18.1 Å². The second-order valence-electron chi connectivity index (χ2n) is 5.40. The molecule has 1 aliphatic rings. The molecule has 1 aliphatic heterocycles. The summed E-state index contributed by atoms with van der Waals surface area (Å²) in [5.74, 6) is -0.179. The van der Waals surface area contributed by atoms with Crippen LogP contribution in [0.2, 0.25) is 0 Å². The minimum Gasteiger partial charge on any atom is -0.465 e. The summed E-state index contributed by atoms with van der Waals surface area (Å²) in [5.41, 5.74) is -0.440. The Bertz CT molecular complexity index is 704. The Hall–Kier alpha value is -1.26. The van der Waals surface area contributed by atoms with Crippen molar-refractivity contribution in [2.24, 2.45) is 0 Å². The first kappa shape index (κ1) is 20.1. The van der Waals surface area contributed by atoms with Crippen LogP contribution in [0.25, 0.3) is 0 Å². The van der Waals surface area contributed by atoms with Gasteiger partial charge in [0, 0.05) is 18.1 Å². The highest BCUT2D eigenvalue weighted by Crippen LogP contribution is 2.30. The largest absolute Gasteiger partial charge is 0.465 e. The van der Waals surface area contributed by atoms with Crippen molar-refractivity contribution in [3.05, 3.63) is 35.4 Å². The molecule has 1 heterocycles. The molecule has 1 aromatic rings. The fraction of sp³-hybridized carbons (Fsp3) is 0.533. The summed E-state index contributed by atoms with van der Waals surface area (Å²) in [6.45, 7) is 1.56. The third-order valence-electron chi connectivity index (χ3n) is 3.64. The number of halogens is 3. The maximum atomic E-state index is 12.6. The maximum absolute atomic E-state index is 12.6. The number of rotatable bonds is 4. The number of carbonyl (C=O) groups is 1. The third kappa shape index (κ3) is 5.11. The number of ether oxygens (including phenoxy) is 1. The van der Waals surface area contributed by atoms with E-state index in [2.05, 4.69) is 0 Å². The summed E-state index contributed by atoms with van der Waals surface area (Å²) in [6, 6.07) is 3.25. The lowest BCUT2D eigenvalue weighted by Crippen LogP contribution is -2.46. The minimum absolute atomic E-state index is 0.119. The Kier molecular flexibility index (Phi) is 6.39. The number of benzene rings is 1. The van der Waals surface area contributed by atoms with Crippen molar-refractivity contribution in [2.45, 2.75) is 25.7 Å². The molecule has 5 nitrogen and oxygen atoms in total. The summed E-state index contributed by atoms with van der Waals surface area (Å²) in [4.78, 5) is 12.1. The van der Waals surface area contributed by atoms with Crippen molar-refractivity contribution in [1.29, 1.82) is 0 Å². The summed E-state index contributed by atoms with van der Waals surface area (Å²) < 4.78 is 68.9. The zero-order valence-corrected chi connectivity index (χ0v) is 15.1. The summed E-state index contributed by atoms with van der Waals surface area (Å²) in [7, 11) is -3.72. The second kappa shape index (κ2) is 7.96. The Balaban J connectivity index is 2.28. The predicted molar refractivity (Wildman–Crippen MR) is 88.5 cm³/mol. The molecule has 10 heteroatoms. The molecule has 0 saturated carbocycles. The molecule has 0 spiro atoms. The van der Waals surface area contributed by atoms with Gasteiger partial charge in [-0.15, -0.1) is 0 Å². The van der Waals surface area contributed by atoms with Crippen LogP contribution in [0.3, 0.4) is 0 Å². The van der Waals surface area contributed by atoms with Crippen LogP contribution in [-0.2, 0) is 32.3 Å². The van der Waals surface area contributed by atoms with Crippen LogP contribution in [0, 0.1) is 0 Å². The average Bonchev–Trinajstić information content (AvgIpc) is 2.66. The average molecular weight is 397 g/mol. The van der Waals surface area contributed by atoms with E-state index in [1.165, 1.54) is 23.9 Å². The van der Waals surface area contributed by atoms with E-state index < -0.39 is 33.8 Å². The molecular weight excluding hydrogens is 379 g/mol. The van der Waals surface area contributed by atoms with Crippen LogP contribution in [0.5, 0.6) is 0 Å². The van der Waals surface area contributed by atoms with Gasteiger partial charge in [0.05, 0.1) is 17.9 Å². The molecule has 140 valence electrons. The lowest BCUT2D eigenvalue weighted by molar-refractivity contribution is -0.147. The SMILES string of the molecule is CCOC(=O)C1CSCCS(=O)(=O)N1Cc1ccc(C(F)(F)F)cc1. The first-order valence-corrected chi connectivity index (χ1v) is 10.3. The number of sulfonamides is 1. The second-order valence-corrected chi connectivity index (χ2v) is 8.59. The minimum atomic E-state index is -4.46. The molecule has 1 atom stereocenters. The summed E-state index contributed by atoms with van der Waals surface area (Å²) in [6.07, 6.45) is -4.46. The topological polar surface area (TPSA) is 63.7 Å². The van der Waals surface area contributed by atoms with E-state index in [0.717, 1.165) is 16.4 Å². The predicted octanol–water partition coefficient (Wildman–Crippen LogP) is 2.52. The molecule has 0 bridgehead atoms. The van der Waals surface area contributed by atoms with Crippen molar-refractivity contribution >= 4 is 27.8 Å². The van der Waals surface area contributed by atoms with Gasteiger partial charge in [-0.2, -0.15) is 29.2 Å². The van der Waals surface area contributed by atoms with Crippen LogP contribution in [0.15, 0.2) is 24.3 Å². The Labute approximate surface area is 148 Å². The molecule has 2 rings (SSSR count). The van der Waals surface area contributed by atoms with Gasteiger partial charge in [0.1, 0.15) is 6.04 Å². The van der Waals surface area contributed by atoms with Gasteiger partial charge in [-0.1, -0.05) is 12.1 Å². The van der Waals surface area contributed by atoms with Gasteiger partial charge in [0.15, 0.2) is 0 Å². The van der Waals surface area contributed by atoms with Crippen LogP contribution < -0.4 is 0 Å². The van der Waals surface area contributed by atoms with Crippen molar-refractivity contribution in [3.8, 4) is 0 Å². The van der Waals surface area contributed by atoms with Crippen molar-refractivity contribution < 1.29 is 31.1 Å². The molecule has 1 unspecified atom stereocenters. The van der Waals surface area contributed by atoms with Gasteiger partial charge in [0.2, 0.25) is 10.0 Å². The molecular formula is C15H18F3NO4S2. The maximum Gasteiger partial charge on any atom is 0.416 e. The highest BCUT2D eigenvalue weighted by Gasteiger charge is 2.38. The first-order valence-electron chi connectivity index (χ1n) is 7.55.